The maximum absolute atomic E-state index is 12.4. The molecule has 0 saturated heterocycles. The number of hydrogen-bond donors (Lipinski definition) is 1. The Morgan fingerprint density at radius 1 is 1.00 bits per heavy atom. The van der Waals surface area contributed by atoms with Crippen LogP contribution in [0.25, 0.3) is 0 Å². The first kappa shape index (κ1) is 14.2. The molecule has 4 aliphatic rings. The summed E-state index contributed by atoms with van der Waals surface area (Å²) >= 11 is 0. The van der Waals surface area contributed by atoms with E-state index in [9.17, 15) is 9.90 Å². The summed E-state index contributed by atoms with van der Waals surface area (Å²) in [7, 11) is 0. The number of hydrogen-bond acceptors (Lipinski definition) is 2. The highest BCUT2D eigenvalue weighted by atomic mass is 16.3. The van der Waals surface area contributed by atoms with E-state index in [4.69, 9.17) is 0 Å². The van der Waals surface area contributed by atoms with Gasteiger partial charge in [-0.15, -0.1) is 0 Å². The number of Topliss-reactive ketones (excluding diaryl/α,β-unsaturated/α-hetero) is 1. The molecule has 0 radical (unpaired) electrons. The molecule has 118 valence electrons. The molecular formula is C19H30O2. The molecule has 0 heterocycles. The monoisotopic (exact) mass is 290 g/mol. The Morgan fingerprint density at radius 2 is 1.81 bits per heavy atom. The molecule has 4 fully saturated rings. The molecule has 0 amide bonds. The van der Waals surface area contributed by atoms with Crippen LogP contribution in [0.2, 0.25) is 0 Å². The van der Waals surface area contributed by atoms with Crippen LogP contribution >= 0.6 is 0 Å². The fourth-order valence-electron chi connectivity index (χ4n) is 7.01. The second kappa shape index (κ2) is 4.57. The Hall–Kier alpha value is -0.370. The zero-order chi connectivity index (χ0) is 14.8. The summed E-state index contributed by atoms with van der Waals surface area (Å²) in [4.78, 5) is 12.4. The lowest BCUT2D eigenvalue weighted by molar-refractivity contribution is -0.142. The first-order valence-corrected chi connectivity index (χ1v) is 9.16. The lowest BCUT2D eigenvalue weighted by atomic mass is 9.45. The zero-order valence-corrected chi connectivity index (χ0v) is 13.6. The summed E-state index contributed by atoms with van der Waals surface area (Å²) < 4.78 is 0. The van der Waals surface area contributed by atoms with E-state index in [2.05, 4.69) is 13.8 Å². The molecule has 4 saturated carbocycles. The van der Waals surface area contributed by atoms with Crippen molar-refractivity contribution in [2.24, 2.45) is 34.5 Å². The minimum absolute atomic E-state index is 0.0124. The maximum atomic E-state index is 12.4. The van der Waals surface area contributed by atoms with Crippen molar-refractivity contribution in [1.29, 1.82) is 0 Å². The number of ketones is 1. The summed E-state index contributed by atoms with van der Waals surface area (Å²) in [6, 6.07) is 0. The zero-order valence-electron chi connectivity index (χ0n) is 13.6. The topological polar surface area (TPSA) is 37.3 Å². The molecule has 2 heteroatoms. The van der Waals surface area contributed by atoms with Gasteiger partial charge < -0.3 is 5.11 Å². The van der Waals surface area contributed by atoms with Crippen LogP contribution in [0.15, 0.2) is 0 Å². The van der Waals surface area contributed by atoms with Crippen molar-refractivity contribution >= 4 is 5.78 Å². The van der Waals surface area contributed by atoms with Crippen molar-refractivity contribution in [3.8, 4) is 0 Å². The van der Waals surface area contributed by atoms with Crippen molar-refractivity contribution < 1.29 is 9.90 Å². The van der Waals surface area contributed by atoms with Gasteiger partial charge in [0, 0.05) is 11.8 Å². The van der Waals surface area contributed by atoms with Crippen LogP contribution in [-0.2, 0) is 4.79 Å². The van der Waals surface area contributed by atoms with Gasteiger partial charge in [0.05, 0.1) is 6.10 Å². The number of rotatable bonds is 0. The predicted molar refractivity (Wildman–Crippen MR) is 82.7 cm³/mol. The van der Waals surface area contributed by atoms with Crippen LogP contribution in [0.5, 0.6) is 0 Å². The molecule has 0 aromatic heterocycles. The van der Waals surface area contributed by atoms with Gasteiger partial charge in [-0.3, -0.25) is 4.79 Å². The van der Waals surface area contributed by atoms with Crippen LogP contribution in [-0.4, -0.2) is 17.0 Å². The number of aliphatic hydroxyl groups is 1. The van der Waals surface area contributed by atoms with E-state index < -0.39 is 0 Å². The van der Waals surface area contributed by atoms with E-state index >= 15 is 0 Å². The maximum Gasteiger partial charge on any atom is 0.139 e. The van der Waals surface area contributed by atoms with Crippen molar-refractivity contribution in [2.75, 3.05) is 0 Å². The summed E-state index contributed by atoms with van der Waals surface area (Å²) in [6.45, 7) is 4.78. The van der Waals surface area contributed by atoms with Crippen molar-refractivity contribution in [3.05, 3.63) is 0 Å². The highest BCUT2D eigenvalue weighted by Gasteiger charge is 2.60. The summed E-state index contributed by atoms with van der Waals surface area (Å²) in [5, 5.41) is 10.0. The molecule has 0 spiro atoms. The van der Waals surface area contributed by atoms with Gasteiger partial charge in [0.1, 0.15) is 5.78 Å². The Bertz CT molecular complexity index is 458. The third-order valence-electron chi connectivity index (χ3n) is 8.35. The second-order valence-electron chi connectivity index (χ2n) is 9.00. The lowest BCUT2D eigenvalue weighted by Gasteiger charge is -2.60. The largest absolute Gasteiger partial charge is 0.393 e. The van der Waals surface area contributed by atoms with Crippen LogP contribution in [0.3, 0.4) is 0 Å². The quantitative estimate of drug-likeness (QED) is 0.733. The van der Waals surface area contributed by atoms with Gasteiger partial charge in [-0.25, -0.2) is 0 Å². The number of fused-ring (bicyclic) bond motifs is 5. The highest BCUT2D eigenvalue weighted by Crippen LogP contribution is 2.65. The predicted octanol–water partition coefficient (Wildman–Crippen LogP) is 3.96. The molecule has 1 N–H and O–H groups in total. The van der Waals surface area contributed by atoms with E-state index in [0.29, 0.717) is 17.1 Å². The Morgan fingerprint density at radius 3 is 2.62 bits per heavy atom. The van der Waals surface area contributed by atoms with Gasteiger partial charge in [-0.1, -0.05) is 13.8 Å². The van der Waals surface area contributed by atoms with Crippen LogP contribution in [0.1, 0.15) is 71.6 Å². The molecule has 0 aromatic carbocycles. The van der Waals surface area contributed by atoms with Crippen molar-refractivity contribution in [3.63, 3.8) is 0 Å². The molecule has 21 heavy (non-hydrogen) atoms. The molecule has 0 bridgehead atoms. The van der Waals surface area contributed by atoms with E-state index in [-0.39, 0.29) is 11.5 Å². The van der Waals surface area contributed by atoms with Crippen LogP contribution in [0, 0.1) is 34.5 Å². The van der Waals surface area contributed by atoms with Gasteiger partial charge in [0.15, 0.2) is 0 Å². The molecule has 2 nitrogen and oxygen atoms in total. The normalized spacial score (nSPS) is 56.5. The number of aliphatic hydroxyl groups excluding tert-OH is 1. The Balaban J connectivity index is 1.64. The molecular weight excluding hydrogens is 260 g/mol. The molecule has 1 unspecified atom stereocenters. The van der Waals surface area contributed by atoms with Gasteiger partial charge in [-0.05, 0) is 80.5 Å². The number of carbonyl (C=O) groups is 1. The molecule has 4 rings (SSSR count). The van der Waals surface area contributed by atoms with Crippen molar-refractivity contribution in [1.82, 2.24) is 0 Å². The first-order chi connectivity index (χ1) is 9.95. The van der Waals surface area contributed by atoms with E-state index in [1.54, 1.807) is 0 Å². The van der Waals surface area contributed by atoms with Crippen LogP contribution < -0.4 is 0 Å². The highest BCUT2D eigenvalue weighted by molar-refractivity contribution is 5.87. The van der Waals surface area contributed by atoms with Gasteiger partial charge in [0.2, 0.25) is 0 Å². The standard InChI is InChI=1S/C19H30O2/c1-18-9-7-13(20)11-12(18)3-4-14-15-5-6-17(21)19(15,2)10-8-16(14)18/h12-16,20H,3-11H2,1-2H3/t12?,13-,14+,15-,16+,18+,19+/m1/s1. The Kier molecular flexibility index (Phi) is 3.10. The number of carbonyl (C=O) groups excluding carboxylic acids is 1. The van der Waals surface area contributed by atoms with E-state index in [1.165, 1.54) is 25.7 Å². The van der Waals surface area contributed by atoms with Gasteiger partial charge >= 0.3 is 0 Å². The average molecular weight is 290 g/mol. The summed E-state index contributed by atoms with van der Waals surface area (Å²) in [5.41, 5.74) is 0.452. The fraction of sp³-hybridized carbons (Fsp3) is 0.947. The van der Waals surface area contributed by atoms with Crippen molar-refractivity contribution in [2.45, 2.75) is 77.7 Å². The molecule has 7 atom stereocenters. The van der Waals surface area contributed by atoms with E-state index in [1.807, 2.05) is 0 Å². The summed E-state index contributed by atoms with van der Waals surface area (Å²) in [6.07, 6.45) is 10.1. The minimum atomic E-state index is -0.0541. The van der Waals surface area contributed by atoms with Gasteiger partial charge in [0.25, 0.3) is 0 Å². The SMILES string of the molecule is C[C@]12CC[C@@H](O)CC1CC[C@H]1[C@H]3CCC(=O)[C@@]3(C)CC[C@@H]12. The third-order valence-corrected chi connectivity index (χ3v) is 8.35. The first-order valence-electron chi connectivity index (χ1n) is 9.16. The Labute approximate surface area is 128 Å². The minimum Gasteiger partial charge on any atom is -0.393 e. The van der Waals surface area contributed by atoms with Crippen LogP contribution in [0.4, 0.5) is 0 Å². The third kappa shape index (κ3) is 1.84. The summed E-state index contributed by atoms with van der Waals surface area (Å²) in [5.74, 6) is 3.54. The molecule has 0 aromatic rings. The second-order valence-corrected chi connectivity index (χ2v) is 9.00. The van der Waals surface area contributed by atoms with E-state index in [0.717, 1.165) is 49.9 Å². The molecule has 4 aliphatic carbocycles. The average Bonchev–Trinajstić information content (AvgIpc) is 2.76. The smallest absolute Gasteiger partial charge is 0.139 e. The fourth-order valence-corrected chi connectivity index (χ4v) is 7.01. The lowest BCUT2D eigenvalue weighted by Crippen LogP contribution is -2.54. The van der Waals surface area contributed by atoms with Gasteiger partial charge in [-0.2, -0.15) is 0 Å². The molecule has 0 aliphatic heterocycles.